The van der Waals surface area contributed by atoms with Gasteiger partial charge in [0.15, 0.2) is 5.96 Å². The van der Waals surface area contributed by atoms with Gasteiger partial charge in [-0.3, -0.25) is 4.99 Å². The van der Waals surface area contributed by atoms with Gasteiger partial charge in [-0.25, -0.2) is 0 Å². The van der Waals surface area contributed by atoms with Gasteiger partial charge in [-0.15, -0.1) is 24.0 Å². The molecule has 26 heavy (non-hydrogen) atoms. The lowest BCUT2D eigenvalue weighted by Crippen LogP contribution is -2.39. The maximum absolute atomic E-state index is 10.4. The van der Waals surface area contributed by atoms with E-state index in [0.29, 0.717) is 6.54 Å². The Balaban J connectivity index is 0.00000338. The first kappa shape index (κ1) is 23.0. The van der Waals surface area contributed by atoms with Gasteiger partial charge in [0.05, 0.1) is 19.2 Å². The van der Waals surface area contributed by atoms with Gasteiger partial charge in [-0.1, -0.05) is 29.8 Å². The van der Waals surface area contributed by atoms with E-state index in [2.05, 4.69) is 41.8 Å². The SMILES string of the molecule is CCNC(=NCC(O)c1ccc(C)cc1)N(C)Cc1cc(Br)cn1C.I. The first-order chi connectivity index (χ1) is 11.9. The molecule has 2 N–H and O–H groups in total. The van der Waals surface area contributed by atoms with Crippen molar-refractivity contribution in [1.82, 2.24) is 14.8 Å². The average Bonchev–Trinajstić information content (AvgIpc) is 2.89. The summed E-state index contributed by atoms with van der Waals surface area (Å²) in [6.45, 7) is 5.91. The van der Waals surface area contributed by atoms with E-state index in [-0.39, 0.29) is 24.0 Å². The van der Waals surface area contributed by atoms with E-state index in [1.165, 1.54) is 11.3 Å². The molecule has 1 unspecified atom stereocenters. The number of aliphatic imine (C=N–C) groups is 1. The van der Waals surface area contributed by atoms with E-state index in [0.717, 1.165) is 29.1 Å². The minimum atomic E-state index is -0.605. The smallest absolute Gasteiger partial charge is 0.194 e. The first-order valence-corrected chi connectivity index (χ1v) is 9.24. The van der Waals surface area contributed by atoms with Crippen molar-refractivity contribution in [2.24, 2.45) is 12.0 Å². The molecule has 0 bridgehead atoms. The van der Waals surface area contributed by atoms with Crippen LogP contribution in [0.15, 0.2) is 46.0 Å². The van der Waals surface area contributed by atoms with Crippen molar-refractivity contribution in [2.75, 3.05) is 20.1 Å². The number of nitrogens with zero attached hydrogens (tertiary/aromatic N) is 3. The van der Waals surface area contributed by atoms with E-state index in [9.17, 15) is 5.11 Å². The highest BCUT2D eigenvalue weighted by Gasteiger charge is 2.12. The molecule has 1 atom stereocenters. The predicted octanol–water partition coefficient (Wildman–Crippen LogP) is 3.84. The zero-order valence-corrected chi connectivity index (χ0v) is 19.7. The number of hydrogen-bond acceptors (Lipinski definition) is 2. The van der Waals surface area contributed by atoms with E-state index < -0.39 is 6.10 Å². The summed E-state index contributed by atoms with van der Waals surface area (Å²) in [5.41, 5.74) is 3.25. The minimum absolute atomic E-state index is 0. The minimum Gasteiger partial charge on any atom is -0.386 e. The monoisotopic (exact) mass is 534 g/mol. The predicted molar refractivity (Wildman–Crippen MR) is 122 cm³/mol. The summed E-state index contributed by atoms with van der Waals surface area (Å²) in [5, 5.41) is 13.7. The third-order valence-electron chi connectivity index (χ3n) is 4.05. The van der Waals surface area contributed by atoms with Crippen LogP contribution in [0.4, 0.5) is 0 Å². The molecular weight excluding hydrogens is 507 g/mol. The third kappa shape index (κ3) is 6.59. The molecule has 0 aliphatic carbocycles. The van der Waals surface area contributed by atoms with Crippen LogP contribution in [0.3, 0.4) is 0 Å². The van der Waals surface area contributed by atoms with Crippen LogP contribution in [0.2, 0.25) is 0 Å². The zero-order valence-electron chi connectivity index (χ0n) is 15.7. The van der Waals surface area contributed by atoms with Gasteiger partial charge < -0.3 is 19.9 Å². The molecule has 2 aromatic rings. The maximum atomic E-state index is 10.4. The van der Waals surface area contributed by atoms with Gasteiger partial charge >= 0.3 is 0 Å². The second kappa shape index (κ2) is 10.9. The fourth-order valence-electron chi connectivity index (χ4n) is 2.58. The molecular formula is C19H28BrIN4O. The van der Waals surface area contributed by atoms with Crippen molar-refractivity contribution in [3.8, 4) is 0 Å². The number of rotatable bonds is 6. The molecule has 0 aliphatic rings. The van der Waals surface area contributed by atoms with E-state index in [4.69, 9.17) is 0 Å². The molecule has 144 valence electrons. The molecule has 1 aromatic heterocycles. The summed E-state index contributed by atoms with van der Waals surface area (Å²) in [4.78, 5) is 6.67. The third-order valence-corrected chi connectivity index (χ3v) is 4.48. The van der Waals surface area contributed by atoms with Crippen LogP contribution in [0.25, 0.3) is 0 Å². The standard InChI is InChI=1S/C19H27BrN4O.HI/c1-5-21-19(24(4)13-17-10-16(20)12-23(17)3)22-11-18(25)15-8-6-14(2)7-9-15;/h6-10,12,18,25H,5,11,13H2,1-4H3,(H,21,22);1H. The number of aromatic nitrogens is 1. The Labute approximate surface area is 181 Å². The largest absolute Gasteiger partial charge is 0.386 e. The molecule has 0 spiro atoms. The van der Waals surface area contributed by atoms with Crippen molar-refractivity contribution in [3.63, 3.8) is 0 Å². The molecule has 0 fully saturated rings. The Morgan fingerprint density at radius 1 is 1.35 bits per heavy atom. The van der Waals surface area contributed by atoms with E-state index in [1.54, 1.807) is 0 Å². The lowest BCUT2D eigenvalue weighted by Gasteiger charge is -2.23. The number of halogens is 2. The Kier molecular flexibility index (Phi) is 9.67. The zero-order chi connectivity index (χ0) is 18.4. The number of aliphatic hydroxyl groups excluding tert-OH is 1. The van der Waals surface area contributed by atoms with Crippen LogP contribution in [0, 0.1) is 6.92 Å². The van der Waals surface area contributed by atoms with Gasteiger partial charge in [-0.2, -0.15) is 0 Å². The number of guanidine groups is 1. The molecule has 0 saturated carbocycles. The van der Waals surface area contributed by atoms with Crippen molar-refractivity contribution >= 4 is 45.9 Å². The first-order valence-electron chi connectivity index (χ1n) is 8.45. The van der Waals surface area contributed by atoms with Crippen molar-refractivity contribution in [2.45, 2.75) is 26.5 Å². The van der Waals surface area contributed by atoms with Gasteiger partial charge in [0.2, 0.25) is 0 Å². The highest BCUT2D eigenvalue weighted by Crippen LogP contribution is 2.16. The summed E-state index contributed by atoms with van der Waals surface area (Å²) in [5.74, 6) is 0.783. The molecule has 1 heterocycles. The number of aryl methyl sites for hydroxylation is 2. The lowest BCUT2D eigenvalue weighted by molar-refractivity contribution is 0.186. The van der Waals surface area contributed by atoms with Crippen molar-refractivity contribution in [1.29, 1.82) is 0 Å². The number of hydrogen-bond donors (Lipinski definition) is 2. The summed E-state index contributed by atoms with van der Waals surface area (Å²) in [6, 6.07) is 10.0. The summed E-state index contributed by atoms with van der Waals surface area (Å²) in [6.07, 6.45) is 1.43. The second-order valence-corrected chi connectivity index (χ2v) is 7.15. The lowest BCUT2D eigenvalue weighted by atomic mass is 10.1. The van der Waals surface area contributed by atoms with Crippen LogP contribution >= 0.6 is 39.9 Å². The quantitative estimate of drug-likeness (QED) is 0.336. The van der Waals surface area contributed by atoms with Crippen molar-refractivity contribution in [3.05, 3.63) is 57.8 Å². The van der Waals surface area contributed by atoms with Crippen LogP contribution in [0.5, 0.6) is 0 Å². The Morgan fingerprint density at radius 3 is 2.54 bits per heavy atom. The topological polar surface area (TPSA) is 52.8 Å². The molecule has 0 radical (unpaired) electrons. The fraction of sp³-hybridized carbons (Fsp3) is 0.421. The van der Waals surface area contributed by atoms with Crippen LogP contribution in [0.1, 0.15) is 29.8 Å². The van der Waals surface area contributed by atoms with Crippen molar-refractivity contribution < 1.29 is 5.11 Å². The van der Waals surface area contributed by atoms with Gasteiger partial charge in [0.1, 0.15) is 0 Å². The average molecular weight is 535 g/mol. The Morgan fingerprint density at radius 2 is 2.00 bits per heavy atom. The maximum Gasteiger partial charge on any atom is 0.194 e. The number of nitrogens with one attached hydrogen (secondary N) is 1. The number of aliphatic hydroxyl groups is 1. The van der Waals surface area contributed by atoms with Gasteiger partial charge in [0, 0.05) is 37.0 Å². The summed E-state index contributed by atoms with van der Waals surface area (Å²) < 4.78 is 3.15. The van der Waals surface area contributed by atoms with Gasteiger partial charge in [-0.05, 0) is 41.4 Å². The Hall–Kier alpha value is -1.06. The van der Waals surface area contributed by atoms with Gasteiger partial charge in [0.25, 0.3) is 0 Å². The fourth-order valence-corrected chi connectivity index (χ4v) is 3.15. The van der Waals surface area contributed by atoms with Crippen LogP contribution < -0.4 is 5.32 Å². The summed E-state index contributed by atoms with van der Waals surface area (Å²) in [7, 11) is 4.03. The Bertz CT molecular complexity index is 715. The molecule has 2 rings (SSSR count). The van der Waals surface area contributed by atoms with Crippen LogP contribution in [-0.4, -0.2) is 40.7 Å². The van der Waals surface area contributed by atoms with E-state index in [1.807, 2.05) is 58.4 Å². The van der Waals surface area contributed by atoms with Crippen LogP contribution in [-0.2, 0) is 13.6 Å². The second-order valence-electron chi connectivity index (χ2n) is 6.24. The molecule has 5 nitrogen and oxygen atoms in total. The highest BCUT2D eigenvalue weighted by atomic mass is 127. The number of benzene rings is 1. The molecule has 7 heteroatoms. The van der Waals surface area contributed by atoms with E-state index >= 15 is 0 Å². The molecule has 0 amide bonds. The summed E-state index contributed by atoms with van der Waals surface area (Å²) >= 11 is 3.50. The molecule has 1 aromatic carbocycles. The molecule has 0 saturated heterocycles. The normalized spacial score (nSPS) is 12.5. The molecule has 0 aliphatic heterocycles. The highest BCUT2D eigenvalue weighted by molar-refractivity contribution is 14.0.